The molecule has 0 bridgehead atoms. The highest BCUT2D eigenvalue weighted by molar-refractivity contribution is 5.78. The molecule has 1 atom stereocenters. The summed E-state index contributed by atoms with van der Waals surface area (Å²) >= 11 is 0. The van der Waals surface area contributed by atoms with E-state index < -0.39 is 0 Å². The van der Waals surface area contributed by atoms with Gasteiger partial charge in [-0.15, -0.1) is 0 Å². The minimum Gasteiger partial charge on any atom is -0.497 e. The van der Waals surface area contributed by atoms with Gasteiger partial charge in [0.15, 0.2) is 0 Å². The molecule has 1 heterocycles. The van der Waals surface area contributed by atoms with Crippen LogP contribution in [0.2, 0.25) is 0 Å². The molecule has 0 aliphatic heterocycles. The molecule has 1 amide bonds. The van der Waals surface area contributed by atoms with Gasteiger partial charge in [-0.3, -0.25) is 4.79 Å². The summed E-state index contributed by atoms with van der Waals surface area (Å²) in [4.78, 5) is 14.8. The van der Waals surface area contributed by atoms with Crippen LogP contribution in [0.3, 0.4) is 0 Å². The summed E-state index contributed by atoms with van der Waals surface area (Å²) in [6.45, 7) is 7.41. The Morgan fingerprint density at radius 1 is 1.24 bits per heavy atom. The van der Waals surface area contributed by atoms with Gasteiger partial charge in [0.05, 0.1) is 20.2 Å². The van der Waals surface area contributed by atoms with Crippen molar-refractivity contribution in [1.82, 2.24) is 14.8 Å². The van der Waals surface area contributed by atoms with E-state index >= 15 is 0 Å². The zero-order valence-corrected chi connectivity index (χ0v) is 18.2. The van der Waals surface area contributed by atoms with E-state index in [2.05, 4.69) is 42.1 Å². The second kappa shape index (κ2) is 12.3. The molecule has 1 unspecified atom stereocenters. The third-order valence-electron chi connectivity index (χ3n) is 5.16. The Morgan fingerprint density at radius 3 is 2.79 bits per heavy atom. The van der Waals surface area contributed by atoms with Crippen LogP contribution in [-0.4, -0.2) is 55.3 Å². The molecule has 29 heavy (non-hydrogen) atoms. The number of nitrogens with one attached hydrogen (secondary N) is 1. The molecule has 1 N–H and O–H groups in total. The molecule has 0 radical (unpaired) electrons. The van der Waals surface area contributed by atoms with Gasteiger partial charge in [-0.2, -0.15) is 0 Å². The summed E-state index contributed by atoms with van der Waals surface area (Å²) in [7, 11) is 3.37. The van der Waals surface area contributed by atoms with E-state index in [0.29, 0.717) is 19.7 Å². The van der Waals surface area contributed by atoms with Crippen molar-refractivity contribution in [2.75, 3.05) is 33.9 Å². The predicted molar refractivity (Wildman–Crippen MR) is 116 cm³/mol. The second-order valence-electron chi connectivity index (χ2n) is 7.28. The van der Waals surface area contributed by atoms with E-state index in [9.17, 15) is 4.79 Å². The highest BCUT2D eigenvalue weighted by Crippen LogP contribution is 2.17. The number of nitrogens with zero attached hydrogens (tertiary/aromatic N) is 2. The largest absolute Gasteiger partial charge is 0.497 e. The van der Waals surface area contributed by atoms with Crippen LogP contribution in [-0.2, 0) is 22.6 Å². The number of ether oxygens (including phenoxy) is 2. The van der Waals surface area contributed by atoms with Crippen molar-refractivity contribution in [2.24, 2.45) is 0 Å². The van der Waals surface area contributed by atoms with Crippen LogP contribution in [0, 0.1) is 0 Å². The number of methoxy groups -OCH3 is 2. The monoisotopic (exact) mass is 401 g/mol. The third-order valence-corrected chi connectivity index (χ3v) is 5.16. The normalized spacial score (nSPS) is 12.0. The van der Waals surface area contributed by atoms with Crippen molar-refractivity contribution in [3.63, 3.8) is 0 Å². The molecule has 2 aromatic rings. The first kappa shape index (κ1) is 23.0. The maximum Gasteiger partial charge on any atom is 0.237 e. The van der Waals surface area contributed by atoms with Crippen molar-refractivity contribution in [2.45, 2.75) is 45.8 Å². The maximum atomic E-state index is 12.9. The molecule has 1 aromatic carbocycles. The van der Waals surface area contributed by atoms with Crippen LogP contribution >= 0.6 is 0 Å². The van der Waals surface area contributed by atoms with Gasteiger partial charge in [0.1, 0.15) is 5.75 Å². The second-order valence-corrected chi connectivity index (χ2v) is 7.28. The summed E-state index contributed by atoms with van der Waals surface area (Å²) in [6.07, 6.45) is 3.89. The number of carbonyl (C=O) groups is 1. The van der Waals surface area contributed by atoms with E-state index in [1.54, 1.807) is 14.2 Å². The summed E-state index contributed by atoms with van der Waals surface area (Å²) < 4.78 is 12.6. The zero-order chi connectivity index (χ0) is 21.1. The summed E-state index contributed by atoms with van der Waals surface area (Å²) in [5.41, 5.74) is 2.30. The first-order chi connectivity index (χ1) is 14.1. The predicted octanol–water partition coefficient (Wildman–Crippen LogP) is 3.30. The van der Waals surface area contributed by atoms with Crippen LogP contribution in [0.4, 0.5) is 0 Å². The Morgan fingerprint density at radius 2 is 2.07 bits per heavy atom. The maximum absolute atomic E-state index is 12.9. The summed E-state index contributed by atoms with van der Waals surface area (Å²) in [6, 6.07) is 12.4. The van der Waals surface area contributed by atoms with Crippen molar-refractivity contribution in [1.29, 1.82) is 0 Å². The van der Waals surface area contributed by atoms with Gasteiger partial charge in [-0.25, -0.2) is 0 Å². The van der Waals surface area contributed by atoms with Crippen LogP contribution in [0.25, 0.3) is 0 Å². The highest BCUT2D eigenvalue weighted by Gasteiger charge is 2.20. The van der Waals surface area contributed by atoms with Crippen LogP contribution in [0.5, 0.6) is 5.75 Å². The van der Waals surface area contributed by atoms with Crippen molar-refractivity contribution >= 4 is 5.91 Å². The number of aromatic nitrogens is 1. The molecule has 6 heteroatoms. The number of hydrogen-bond acceptors (Lipinski definition) is 4. The molecular weight excluding hydrogens is 366 g/mol. The molecule has 160 valence electrons. The summed E-state index contributed by atoms with van der Waals surface area (Å²) in [5.74, 6) is 0.984. The Bertz CT molecular complexity index is 744. The average Bonchev–Trinajstić information content (AvgIpc) is 3.17. The third kappa shape index (κ3) is 7.22. The van der Waals surface area contributed by atoms with Gasteiger partial charge in [0, 0.05) is 38.2 Å². The van der Waals surface area contributed by atoms with E-state index in [1.807, 2.05) is 29.2 Å². The van der Waals surface area contributed by atoms with Crippen molar-refractivity contribution in [3.05, 3.63) is 53.9 Å². The van der Waals surface area contributed by atoms with E-state index in [-0.39, 0.29) is 11.9 Å². The topological polar surface area (TPSA) is 55.7 Å². The molecule has 6 nitrogen and oxygen atoms in total. The lowest BCUT2D eigenvalue weighted by Gasteiger charge is -2.29. The zero-order valence-electron chi connectivity index (χ0n) is 18.2. The molecule has 0 fully saturated rings. The Balaban J connectivity index is 2.03. The molecule has 2 rings (SSSR count). The number of rotatable bonds is 13. The fourth-order valence-corrected chi connectivity index (χ4v) is 3.24. The van der Waals surface area contributed by atoms with Gasteiger partial charge in [0.2, 0.25) is 5.91 Å². The van der Waals surface area contributed by atoms with E-state index in [1.165, 1.54) is 5.56 Å². The van der Waals surface area contributed by atoms with Gasteiger partial charge < -0.3 is 24.3 Å². The minimum absolute atomic E-state index is 0.130. The lowest BCUT2D eigenvalue weighted by atomic mass is 10.2. The molecular formula is C23H35N3O3. The summed E-state index contributed by atoms with van der Waals surface area (Å²) in [5, 5.41) is 3.23. The van der Waals surface area contributed by atoms with E-state index in [4.69, 9.17) is 9.47 Å². The fourth-order valence-electron chi connectivity index (χ4n) is 3.24. The van der Waals surface area contributed by atoms with Gasteiger partial charge in [0.25, 0.3) is 0 Å². The molecule has 1 aromatic heterocycles. The van der Waals surface area contributed by atoms with Crippen LogP contribution in [0.15, 0.2) is 42.6 Å². The highest BCUT2D eigenvalue weighted by atomic mass is 16.5. The SMILES string of the molecule is CCC(C)N(Cc1cccn1Cc1cccc(OC)c1)C(=O)CNCCCOC. The smallest absolute Gasteiger partial charge is 0.237 e. The molecule has 0 spiro atoms. The number of carbonyl (C=O) groups excluding carboxylic acids is 1. The standard InChI is InChI=1S/C23H35N3O3/c1-5-19(2)26(23(27)16-24-12-8-14-28-3)18-21-10-7-13-25(21)17-20-9-6-11-22(15-20)29-4/h6-7,9-11,13,15,19,24H,5,8,12,14,16-18H2,1-4H3. The van der Waals surface area contributed by atoms with E-state index in [0.717, 1.165) is 37.4 Å². The quantitative estimate of drug-likeness (QED) is 0.523. The Kier molecular flexibility index (Phi) is 9.74. The molecule has 0 aliphatic carbocycles. The van der Waals surface area contributed by atoms with Gasteiger partial charge >= 0.3 is 0 Å². The van der Waals surface area contributed by atoms with Crippen molar-refractivity contribution < 1.29 is 14.3 Å². The molecule has 0 saturated heterocycles. The number of hydrogen-bond donors (Lipinski definition) is 1. The number of benzene rings is 1. The minimum atomic E-state index is 0.130. The molecule has 0 aliphatic rings. The Labute approximate surface area is 174 Å². The fraction of sp³-hybridized carbons (Fsp3) is 0.522. The van der Waals surface area contributed by atoms with Crippen molar-refractivity contribution in [3.8, 4) is 5.75 Å². The number of amides is 1. The molecule has 0 saturated carbocycles. The average molecular weight is 402 g/mol. The van der Waals surface area contributed by atoms with Crippen LogP contribution < -0.4 is 10.1 Å². The van der Waals surface area contributed by atoms with Gasteiger partial charge in [-0.1, -0.05) is 19.1 Å². The lowest BCUT2D eigenvalue weighted by molar-refractivity contribution is -0.133. The lowest BCUT2D eigenvalue weighted by Crippen LogP contribution is -2.43. The van der Waals surface area contributed by atoms with Gasteiger partial charge in [-0.05, 0) is 56.1 Å². The first-order valence-corrected chi connectivity index (χ1v) is 10.3. The Hall–Kier alpha value is -2.31. The first-order valence-electron chi connectivity index (χ1n) is 10.3. The van der Waals surface area contributed by atoms with Crippen LogP contribution in [0.1, 0.15) is 37.9 Å².